The summed E-state index contributed by atoms with van der Waals surface area (Å²) >= 11 is 0. The lowest BCUT2D eigenvalue weighted by molar-refractivity contribution is -0.0299. The van der Waals surface area contributed by atoms with Crippen LogP contribution in [-0.2, 0) is 15.9 Å². The molecule has 0 aliphatic carbocycles. The molecule has 16 heavy (non-hydrogen) atoms. The van der Waals surface area contributed by atoms with Crippen LogP contribution in [0.25, 0.3) is 0 Å². The fourth-order valence-electron chi connectivity index (χ4n) is 1.99. The van der Waals surface area contributed by atoms with Crippen molar-refractivity contribution >= 4 is 5.69 Å². The molecule has 0 atom stereocenters. The highest BCUT2D eigenvalue weighted by Gasteiger charge is 2.16. The van der Waals surface area contributed by atoms with E-state index < -0.39 is 0 Å². The van der Waals surface area contributed by atoms with Crippen molar-refractivity contribution in [2.75, 3.05) is 25.1 Å². The SMILES string of the molecule is CCc1cccc(C)c1NCC1OCCO1. The minimum Gasteiger partial charge on any atom is -0.380 e. The molecule has 1 aromatic carbocycles. The molecule has 0 unspecified atom stereocenters. The maximum atomic E-state index is 5.40. The van der Waals surface area contributed by atoms with E-state index in [1.54, 1.807) is 0 Å². The minimum absolute atomic E-state index is 0.0932. The van der Waals surface area contributed by atoms with Crippen molar-refractivity contribution in [1.82, 2.24) is 0 Å². The average molecular weight is 221 g/mol. The summed E-state index contributed by atoms with van der Waals surface area (Å²) in [4.78, 5) is 0. The molecule has 0 radical (unpaired) electrons. The molecule has 1 N–H and O–H groups in total. The standard InChI is InChI=1S/C13H19NO2/c1-3-11-6-4-5-10(2)13(11)14-9-12-15-7-8-16-12/h4-6,12,14H,3,7-9H2,1-2H3. The molecule has 3 nitrogen and oxygen atoms in total. The van der Waals surface area contributed by atoms with Gasteiger partial charge in [-0.1, -0.05) is 25.1 Å². The highest BCUT2D eigenvalue weighted by atomic mass is 16.7. The summed E-state index contributed by atoms with van der Waals surface area (Å²) in [6, 6.07) is 6.38. The number of rotatable bonds is 4. The van der Waals surface area contributed by atoms with Gasteiger partial charge >= 0.3 is 0 Å². The van der Waals surface area contributed by atoms with E-state index in [-0.39, 0.29) is 6.29 Å². The number of anilines is 1. The Morgan fingerprint density at radius 2 is 2.06 bits per heavy atom. The van der Waals surface area contributed by atoms with Gasteiger partial charge in [0.25, 0.3) is 0 Å². The van der Waals surface area contributed by atoms with Gasteiger partial charge < -0.3 is 14.8 Å². The van der Waals surface area contributed by atoms with E-state index in [1.807, 2.05) is 0 Å². The van der Waals surface area contributed by atoms with Crippen molar-refractivity contribution in [1.29, 1.82) is 0 Å². The van der Waals surface area contributed by atoms with Gasteiger partial charge in [-0.15, -0.1) is 0 Å². The molecular weight excluding hydrogens is 202 g/mol. The van der Waals surface area contributed by atoms with E-state index in [4.69, 9.17) is 9.47 Å². The molecule has 88 valence electrons. The Kier molecular flexibility index (Phi) is 3.80. The molecule has 0 saturated carbocycles. The molecule has 0 aromatic heterocycles. The summed E-state index contributed by atoms with van der Waals surface area (Å²) in [5.74, 6) is 0. The van der Waals surface area contributed by atoms with Gasteiger partial charge in [-0.3, -0.25) is 0 Å². The number of ether oxygens (including phenoxy) is 2. The Bertz CT molecular complexity index is 346. The normalized spacial score (nSPS) is 16.6. The van der Waals surface area contributed by atoms with E-state index in [0.29, 0.717) is 13.2 Å². The van der Waals surface area contributed by atoms with Crippen LogP contribution >= 0.6 is 0 Å². The third-order valence-electron chi connectivity index (χ3n) is 2.88. The maximum Gasteiger partial charge on any atom is 0.174 e. The molecule has 1 aliphatic heterocycles. The smallest absolute Gasteiger partial charge is 0.174 e. The molecule has 0 amide bonds. The van der Waals surface area contributed by atoms with Crippen LogP contribution in [0.3, 0.4) is 0 Å². The summed E-state index contributed by atoms with van der Waals surface area (Å²) < 4.78 is 10.8. The molecule has 0 spiro atoms. The van der Waals surface area contributed by atoms with Crippen molar-refractivity contribution in [3.63, 3.8) is 0 Å². The van der Waals surface area contributed by atoms with Gasteiger partial charge in [-0.05, 0) is 24.5 Å². The Hall–Kier alpha value is -1.06. The predicted molar refractivity (Wildman–Crippen MR) is 64.7 cm³/mol. The van der Waals surface area contributed by atoms with Crippen molar-refractivity contribution < 1.29 is 9.47 Å². The third-order valence-corrected chi connectivity index (χ3v) is 2.88. The summed E-state index contributed by atoms with van der Waals surface area (Å²) in [5.41, 5.74) is 3.85. The first-order valence-corrected chi connectivity index (χ1v) is 5.87. The van der Waals surface area contributed by atoms with Gasteiger partial charge in [0.1, 0.15) is 0 Å². The van der Waals surface area contributed by atoms with Crippen molar-refractivity contribution in [3.05, 3.63) is 29.3 Å². The van der Waals surface area contributed by atoms with Gasteiger partial charge in [-0.25, -0.2) is 0 Å². The third kappa shape index (κ3) is 2.54. The number of hydrogen-bond donors (Lipinski definition) is 1. The number of nitrogens with one attached hydrogen (secondary N) is 1. The molecule has 2 rings (SSSR count). The Balaban J connectivity index is 2.01. The van der Waals surface area contributed by atoms with Gasteiger partial charge in [-0.2, -0.15) is 0 Å². The van der Waals surface area contributed by atoms with Crippen LogP contribution in [-0.4, -0.2) is 26.0 Å². The summed E-state index contributed by atoms with van der Waals surface area (Å²) in [6.45, 7) is 6.43. The number of para-hydroxylation sites is 1. The number of benzene rings is 1. The first-order valence-electron chi connectivity index (χ1n) is 5.87. The van der Waals surface area contributed by atoms with Crippen molar-refractivity contribution in [2.24, 2.45) is 0 Å². The summed E-state index contributed by atoms with van der Waals surface area (Å²) in [7, 11) is 0. The van der Waals surface area contributed by atoms with E-state index >= 15 is 0 Å². The van der Waals surface area contributed by atoms with Crippen LogP contribution in [0.4, 0.5) is 5.69 Å². The fourth-order valence-corrected chi connectivity index (χ4v) is 1.99. The van der Waals surface area contributed by atoms with Crippen LogP contribution < -0.4 is 5.32 Å². The average Bonchev–Trinajstić information content (AvgIpc) is 2.80. The highest BCUT2D eigenvalue weighted by Crippen LogP contribution is 2.21. The van der Waals surface area contributed by atoms with Crippen LogP contribution in [0, 0.1) is 6.92 Å². The lowest BCUT2D eigenvalue weighted by Crippen LogP contribution is -2.21. The fraction of sp³-hybridized carbons (Fsp3) is 0.538. The second kappa shape index (κ2) is 5.32. The van der Waals surface area contributed by atoms with Crippen molar-refractivity contribution in [2.45, 2.75) is 26.6 Å². The Labute approximate surface area is 96.8 Å². The predicted octanol–water partition coefficient (Wildman–Crippen LogP) is 2.34. The van der Waals surface area contributed by atoms with Crippen LogP contribution in [0.15, 0.2) is 18.2 Å². The zero-order valence-corrected chi connectivity index (χ0v) is 9.95. The van der Waals surface area contributed by atoms with E-state index in [9.17, 15) is 0 Å². The molecule has 1 saturated heterocycles. The first kappa shape index (κ1) is 11.4. The monoisotopic (exact) mass is 221 g/mol. The van der Waals surface area contributed by atoms with Gasteiger partial charge in [0.2, 0.25) is 0 Å². The van der Waals surface area contributed by atoms with Crippen LogP contribution in [0.2, 0.25) is 0 Å². The first-order chi connectivity index (χ1) is 7.81. The molecular formula is C13H19NO2. The Morgan fingerprint density at radius 1 is 1.31 bits per heavy atom. The molecule has 1 aromatic rings. The van der Waals surface area contributed by atoms with Gasteiger partial charge in [0.15, 0.2) is 6.29 Å². The number of hydrogen-bond acceptors (Lipinski definition) is 3. The highest BCUT2D eigenvalue weighted by molar-refractivity contribution is 5.57. The van der Waals surface area contributed by atoms with Gasteiger partial charge in [0, 0.05) is 5.69 Å². The van der Waals surface area contributed by atoms with Crippen LogP contribution in [0.1, 0.15) is 18.1 Å². The molecule has 1 aliphatic rings. The van der Waals surface area contributed by atoms with E-state index in [1.165, 1.54) is 16.8 Å². The lowest BCUT2D eigenvalue weighted by atomic mass is 10.1. The molecule has 3 heteroatoms. The largest absolute Gasteiger partial charge is 0.380 e. The zero-order valence-electron chi connectivity index (χ0n) is 9.95. The quantitative estimate of drug-likeness (QED) is 0.846. The van der Waals surface area contributed by atoms with Crippen molar-refractivity contribution in [3.8, 4) is 0 Å². The lowest BCUT2D eigenvalue weighted by Gasteiger charge is -2.16. The molecule has 0 bridgehead atoms. The van der Waals surface area contributed by atoms with E-state index in [2.05, 4.69) is 37.4 Å². The second-order valence-electron chi connectivity index (χ2n) is 4.01. The second-order valence-corrected chi connectivity index (χ2v) is 4.01. The van der Waals surface area contributed by atoms with E-state index in [0.717, 1.165) is 13.0 Å². The Morgan fingerprint density at radius 3 is 2.75 bits per heavy atom. The topological polar surface area (TPSA) is 30.5 Å². The zero-order chi connectivity index (χ0) is 11.4. The maximum absolute atomic E-state index is 5.40. The van der Waals surface area contributed by atoms with Gasteiger partial charge in [0.05, 0.1) is 19.8 Å². The summed E-state index contributed by atoms with van der Waals surface area (Å²) in [5, 5.41) is 3.42. The number of aryl methyl sites for hydroxylation is 2. The van der Waals surface area contributed by atoms with Crippen LogP contribution in [0.5, 0.6) is 0 Å². The molecule has 1 fully saturated rings. The minimum atomic E-state index is -0.0932. The summed E-state index contributed by atoms with van der Waals surface area (Å²) in [6.07, 6.45) is 0.945. The molecule has 1 heterocycles.